The van der Waals surface area contributed by atoms with Crippen molar-refractivity contribution in [2.75, 3.05) is 13.2 Å². The minimum absolute atomic E-state index is 0.159. The van der Waals surface area contributed by atoms with Crippen molar-refractivity contribution in [1.29, 1.82) is 0 Å². The van der Waals surface area contributed by atoms with E-state index >= 15 is 0 Å². The summed E-state index contributed by atoms with van der Waals surface area (Å²) in [6.45, 7) is 2.74. The highest BCUT2D eigenvalue weighted by molar-refractivity contribution is 5.84. The van der Waals surface area contributed by atoms with E-state index in [1.165, 1.54) is 25.7 Å². The zero-order valence-corrected chi connectivity index (χ0v) is 16.9. The summed E-state index contributed by atoms with van der Waals surface area (Å²) in [5.41, 5.74) is 0. The Kier molecular flexibility index (Phi) is 7.93. The Balaban J connectivity index is 1.44. The zero-order valence-electron chi connectivity index (χ0n) is 16.9. The summed E-state index contributed by atoms with van der Waals surface area (Å²) in [5.74, 6) is 1.41. The van der Waals surface area contributed by atoms with Crippen LogP contribution in [-0.4, -0.2) is 19.2 Å². The molecule has 0 atom stereocenters. The Morgan fingerprint density at radius 3 is 2.31 bits per heavy atom. The number of esters is 1. The highest BCUT2D eigenvalue weighted by atomic mass is 16.6. The van der Waals surface area contributed by atoms with Gasteiger partial charge in [-0.1, -0.05) is 69.0 Å². The molecule has 0 saturated carbocycles. The van der Waals surface area contributed by atoms with Gasteiger partial charge in [0, 0.05) is 6.07 Å². The van der Waals surface area contributed by atoms with Crippen LogP contribution in [0.2, 0.25) is 0 Å². The Morgan fingerprint density at radius 1 is 0.724 bits per heavy atom. The second-order valence-electron chi connectivity index (χ2n) is 7.01. The van der Waals surface area contributed by atoms with E-state index in [9.17, 15) is 4.79 Å². The Bertz CT molecular complexity index is 919. The van der Waals surface area contributed by atoms with Gasteiger partial charge in [0.05, 0.1) is 6.61 Å². The van der Waals surface area contributed by atoms with E-state index in [4.69, 9.17) is 14.2 Å². The molecular formula is C25H28O4. The van der Waals surface area contributed by atoms with Crippen LogP contribution in [0.3, 0.4) is 0 Å². The molecule has 0 unspecified atom stereocenters. The lowest BCUT2D eigenvalue weighted by Crippen LogP contribution is -2.17. The predicted molar refractivity (Wildman–Crippen MR) is 116 cm³/mol. The number of rotatable bonds is 11. The molecule has 0 aliphatic rings. The summed E-state index contributed by atoms with van der Waals surface area (Å²) in [7, 11) is 0. The maximum absolute atomic E-state index is 12.1. The van der Waals surface area contributed by atoms with Gasteiger partial charge in [-0.25, -0.2) is 4.79 Å². The molecule has 0 heterocycles. The van der Waals surface area contributed by atoms with Crippen LogP contribution >= 0.6 is 0 Å². The molecule has 0 saturated heterocycles. The zero-order chi connectivity index (χ0) is 20.3. The third kappa shape index (κ3) is 6.83. The number of unbranched alkanes of at least 4 members (excludes halogenated alkanes) is 4. The molecule has 0 radical (unpaired) electrons. The first kappa shape index (κ1) is 20.7. The molecule has 4 nitrogen and oxygen atoms in total. The summed E-state index contributed by atoms with van der Waals surface area (Å²) in [4.78, 5) is 12.1. The molecule has 0 amide bonds. The summed E-state index contributed by atoms with van der Waals surface area (Å²) >= 11 is 0. The van der Waals surface area contributed by atoms with E-state index in [0.717, 1.165) is 22.9 Å². The third-order valence-electron chi connectivity index (χ3n) is 4.63. The lowest BCUT2D eigenvalue weighted by Gasteiger charge is -2.10. The van der Waals surface area contributed by atoms with Crippen molar-refractivity contribution in [1.82, 2.24) is 0 Å². The number of carbonyl (C=O) groups excluding carboxylic acids is 1. The quantitative estimate of drug-likeness (QED) is 0.222. The van der Waals surface area contributed by atoms with E-state index < -0.39 is 5.97 Å². The van der Waals surface area contributed by atoms with Gasteiger partial charge < -0.3 is 14.2 Å². The van der Waals surface area contributed by atoms with Crippen molar-refractivity contribution in [3.05, 3.63) is 66.7 Å². The van der Waals surface area contributed by atoms with Gasteiger partial charge in [-0.2, -0.15) is 0 Å². The molecule has 0 aromatic heterocycles. The predicted octanol–water partition coefficient (Wildman–Crippen LogP) is 6.17. The van der Waals surface area contributed by atoms with E-state index in [1.807, 2.05) is 48.5 Å². The minimum atomic E-state index is -0.442. The van der Waals surface area contributed by atoms with Crippen molar-refractivity contribution in [2.24, 2.45) is 0 Å². The molecule has 152 valence electrons. The van der Waals surface area contributed by atoms with Gasteiger partial charge in [-0.05, 0) is 41.5 Å². The third-order valence-corrected chi connectivity index (χ3v) is 4.63. The Labute approximate surface area is 172 Å². The fraction of sp³-hybridized carbons (Fsp3) is 0.320. The Hall–Kier alpha value is -3.01. The van der Waals surface area contributed by atoms with Gasteiger partial charge in [0.25, 0.3) is 0 Å². The molecule has 0 spiro atoms. The molecule has 0 aliphatic carbocycles. The lowest BCUT2D eigenvalue weighted by atomic mass is 10.1. The number of hydrogen-bond acceptors (Lipinski definition) is 4. The van der Waals surface area contributed by atoms with Crippen molar-refractivity contribution >= 4 is 16.7 Å². The number of carbonyl (C=O) groups is 1. The van der Waals surface area contributed by atoms with Gasteiger partial charge in [-0.3, -0.25) is 0 Å². The number of benzene rings is 3. The van der Waals surface area contributed by atoms with Crippen molar-refractivity contribution in [3.8, 4) is 17.2 Å². The van der Waals surface area contributed by atoms with Crippen LogP contribution in [0.1, 0.15) is 39.0 Å². The maximum atomic E-state index is 12.1. The van der Waals surface area contributed by atoms with Crippen molar-refractivity contribution in [2.45, 2.75) is 39.0 Å². The van der Waals surface area contributed by atoms with E-state index in [-0.39, 0.29) is 6.61 Å². The molecule has 3 rings (SSSR count). The van der Waals surface area contributed by atoms with Gasteiger partial charge in [0.15, 0.2) is 6.61 Å². The average Bonchev–Trinajstić information content (AvgIpc) is 2.75. The number of ether oxygens (including phenoxy) is 3. The SMILES string of the molecule is CCCCCCCOc1cccc(OCC(=O)Oc2ccc3ccccc3c2)c1. The molecule has 29 heavy (non-hydrogen) atoms. The van der Waals surface area contributed by atoms with Crippen molar-refractivity contribution < 1.29 is 19.0 Å². The summed E-state index contributed by atoms with van der Waals surface area (Å²) < 4.78 is 16.7. The Morgan fingerprint density at radius 2 is 1.48 bits per heavy atom. The maximum Gasteiger partial charge on any atom is 0.349 e. The van der Waals surface area contributed by atoms with Crippen LogP contribution in [0.5, 0.6) is 17.2 Å². The van der Waals surface area contributed by atoms with E-state index in [0.29, 0.717) is 18.1 Å². The number of hydrogen-bond donors (Lipinski definition) is 0. The molecule has 4 heteroatoms. The van der Waals surface area contributed by atoms with Crippen molar-refractivity contribution in [3.63, 3.8) is 0 Å². The van der Waals surface area contributed by atoms with Crippen LogP contribution in [0.25, 0.3) is 10.8 Å². The van der Waals surface area contributed by atoms with Gasteiger partial charge >= 0.3 is 5.97 Å². The summed E-state index contributed by atoms with van der Waals surface area (Å²) in [6, 6.07) is 20.9. The first-order valence-electron chi connectivity index (χ1n) is 10.3. The molecule has 3 aromatic rings. The van der Waals surface area contributed by atoms with E-state index in [1.54, 1.807) is 18.2 Å². The monoisotopic (exact) mass is 392 g/mol. The molecule has 3 aromatic carbocycles. The standard InChI is InChI=1S/C25H28O4/c1-2-3-4-5-8-16-27-22-12-9-13-23(18-22)28-19-25(26)29-24-15-14-20-10-6-7-11-21(20)17-24/h6-7,9-15,17-18H,2-5,8,16,19H2,1H3. The largest absolute Gasteiger partial charge is 0.493 e. The van der Waals surface area contributed by atoms with Crippen LogP contribution in [-0.2, 0) is 4.79 Å². The highest BCUT2D eigenvalue weighted by Gasteiger charge is 2.08. The first-order chi connectivity index (χ1) is 14.2. The minimum Gasteiger partial charge on any atom is -0.493 e. The fourth-order valence-corrected chi connectivity index (χ4v) is 3.08. The summed E-state index contributed by atoms with van der Waals surface area (Å²) in [6.07, 6.45) is 6.00. The average molecular weight is 392 g/mol. The molecule has 0 fully saturated rings. The van der Waals surface area contributed by atoms with Crippen LogP contribution in [0.4, 0.5) is 0 Å². The normalized spacial score (nSPS) is 10.7. The van der Waals surface area contributed by atoms with Crippen LogP contribution in [0, 0.1) is 0 Å². The second-order valence-corrected chi connectivity index (χ2v) is 7.01. The first-order valence-corrected chi connectivity index (χ1v) is 10.3. The number of fused-ring (bicyclic) bond motifs is 1. The van der Waals surface area contributed by atoms with Gasteiger partial charge in [0.2, 0.25) is 0 Å². The van der Waals surface area contributed by atoms with E-state index in [2.05, 4.69) is 6.92 Å². The topological polar surface area (TPSA) is 44.8 Å². The lowest BCUT2D eigenvalue weighted by molar-refractivity contribution is -0.136. The molecular weight excluding hydrogens is 364 g/mol. The fourth-order valence-electron chi connectivity index (χ4n) is 3.08. The molecule has 0 bridgehead atoms. The van der Waals surface area contributed by atoms with Gasteiger partial charge in [0.1, 0.15) is 17.2 Å². The highest BCUT2D eigenvalue weighted by Crippen LogP contribution is 2.22. The van der Waals surface area contributed by atoms with Crippen LogP contribution in [0.15, 0.2) is 66.7 Å². The van der Waals surface area contributed by atoms with Gasteiger partial charge in [-0.15, -0.1) is 0 Å². The second kappa shape index (κ2) is 11.1. The smallest absolute Gasteiger partial charge is 0.349 e. The molecule has 0 N–H and O–H groups in total. The summed E-state index contributed by atoms with van der Waals surface area (Å²) in [5, 5.41) is 2.13. The van der Waals surface area contributed by atoms with Crippen LogP contribution < -0.4 is 14.2 Å². The molecule has 0 aliphatic heterocycles.